The van der Waals surface area contributed by atoms with Crippen LogP contribution in [0.3, 0.4) is 0 Å². The van der Waals surface area contributed by atoms with E-state index in [1.807, 2.05) is 13.8 Å². The van der Waals surface area contributed by atoms with E-state index in [4.69, 9.17) is 9.47 Å². The summed E-state index contributed by atoms with van der Waals surface area (Å²) < 4.78 is 11.8. The summed E-state index contributed by atoms with van der Waals surface area (Å²) in [5.74, 6) is -1.40. The van der Waals surface area contributed by atoms with Crippen molar-refractivity contribution in [1.82, 2.24) is 0 Å². The van der Waals surface area contributed by atoms with Crippen molar-refractivity contribution >= 4 is 5.78 Å². The second kappa shape index (κ2) is 11.8. The first-order valence-electron chi connectivity index (χ1n) is 16.5. The Balaban J connectivity index is 1.47. The Hall–Kier alpha value is -1.03. The van der Waals surface area contributed by atoms with Crippen molar-refractivity contribution in [2.75, 3.05) is 6.61 Å². The average Bonchev–Trinajstić information content (AvgIpc) is 3.23. The number of aliphatic hydroxyl groups is 9. The van der Waals surface area contributed by atoms with Gasteiger partial charge in [-0.05, 0) is 101 Å². The van der Waals surface area contributed by atoms with Crippen LogP contribution in [0.15, 0.2) is 11.6 Å². The fraction of sp³-hybridized carbons (Fsp3) is 0.909. The van der Waals surface area contributed by atoms with Gasteiger partial charge in [-0.2, -0.15) is 0 Å². The number of hydrogen-bond donors (Lipinski definition) is 9. The van der Waals surface area contributed by atoms with Gasteiger partial charge in [0.1, 0.15) is 24.4 Å². The monoisotopic (exact) mass is 642 g/mol. The maximum atomic E-state index is 13.5. The van der Waals surface area contributed by atoms with Crippen LogP contribution < -0.4 is 0 Å². The number of aliphatic hydroxyl groups excluding tert-OH is 6. The van der Waals surface area contributed by atoms with Gasteiger partial charge in [-0.1, -0.05) is 13.8 Å². The third-order valence-corrected chi connectivity index (χ3v) is 12.6. The van der Waals surface area contributed by atoms with Crippen LogP contribution in [-0.4, -0.2) is 124 Å². The van der Waals surface area contributed by atoms with Crippen molar-refractivity contribution in [2.24, 2.45) is 28.6 Å². The van der Waals surface area contributed by atoms with Gasteiger partial charge in [0.15, 0.2) is 12.1 Å². The van der Waals surface area contributed by atoms with E-state index < -0.39 is 95.1 Å². The summed E-state index contributed by atoms with van der Waals surface area (Å²) in [6.45, 7) is 8.06. The lowest BCUT2D eigenvalue weighted by Gasteiger charge is -2.61. The molecular weight excluding hydrogens is 588 g/mol. The highest BCUT2D eigenvalue weighted by atomic mass is 16.7. The molecule has 1 saturated heterocycles. The van der Waals surface area contributed by atoms with E-state index in [-0.39, 0.29) is 43.8 Å². The fourth-order valence-corrected chi connectivity index (χ4v) is 9.86. The molecule has 0 amide bonds. The number of ketones is 1. The molecule has 258 valence electrons. The summed E-state index contributed by atoms with van der Waals surface area (Å²) in [6, 6.07) is 0. The molecule has 0 spiro atoms. The molecule has 0 aromatic carbocycles. The standard InChI is InChI=1S/C33H54O12/c1-29(2,41)9-8-24(45-28-27(40)26(39)25(38)22(15-34)44-28)32(5,42)23-7-11-33(43)17-12-19(35)18-13-20(36)21(37)14-30(18,3)16(17)6-10-31(23,33)4/h12,16,18,20-28,34,36-43H,6-11,13-15H2,1-5H3/t16-,18-,20+,21+,22+,23-,24+,25-,26-,27+,28+,30+,31+,32+,33?/m0/s1. The van der Waals surface area contributed by atoms with Crippen LogP contribution >= 0.6 is 0 Å². The second-order valence-corrected chi connectivity index (χ2v) is 16.0. The zero-order chi connectivity index (χ0) is 33.5. The molecule has 4 aliphatic carbocycles. The van der Waals surface area contributed by atoms with Gasteiger partial charge in [0.05, 0.1) is 41.7 Å². The first kappa shape index (κ1) is 35.3. The van der Waals surface area contributed by atoms with Gasteiger partial charge in [-0.15, -0.1) is 0 Å². The number of hydrogen-bond acceptors (Lipinski definition) is 12. The van der Waals surface area contributed by atoms with Crippen molar-refractivity contribution < 1.29 is 60.2 Å². The van der Waals surface area contributed by atoms with Gasteiger partial charge in [0.25, 0.3) is 0 Å². The van der Waals surface area contributed by atoms with Crippen LogP contribution in [0.2, 0.25) is 0 Å². The van der Waals surface area contributed by atoms with Gasteiger partial charge in [0, 0.05) is 11.3 Å². The minimum Gasteiger partial charge on any atom is -0.394 e. The molecule has 9 N–H and O–H groups in total. The van der Waals surface area contributed by atoms with Gasteiger partial charge in [-0.25, -0.2) is 0 Å². The SMILES string of the molecule is CC(C)(O)CC[C@@H](O[C@H]1O[C@H](CO)[C@H](O)[C@H](O)[C@H]1O)[C@](C)(O)[C@H]1CCC2(O)C3=CC(=O)[C@@H]4C[C@@H](O)[C@H](O)C[C@]4(C)[C@H]3CC[C@]12C. The molecule has 3 saturated carbocycles. The third-order valence-electron chi connectivity index (χ3n) is 12.6. The van der Waals surface area contributed by atoms with Crippen LogP contribution in [0.4, 0.5) is 0 Å². The highest BCUT2D eigenvalue weighted by Crippen LogP contribution is 2.68. The molecule has 12 nitrogen and oxygen atoms in total. The van der Waals surface area contributed by atoms with Crippen molar-refractivity contribution in [1.29, 1.82) is 0 Å². The molecule has 5 aliphatic rings. The maximum absolute atomic E-state index is 13.5. The number of rotatable bonds is 8. The second-order valence-electron chi connectivity index (χ2n) is 16.0. The minimum absolute atomic E-state index is 0.111. The van der Waals surface area contributed by atoms with E-state index in [0.717, 1.165) is 0 Å². The fourth-order valence-electron chi connectivity index (χ4n) is 9.86. The Bertz CT molecular complexity index is 1150. The normalized spacial score (nSPS) is 48.9. The van der Waals surface area contributed by atoms with Crippen LogP contribution in [-0.2, 0) is 14.3 Å². The Morgan fingerprint density at radius 1 is 0.978 bits per heavy atom. The summed E-state index contributed by atoms with van der Waals surface area (Å²) in [7, 11) is 0. The largest absolute Gasteiger partial charge is 0.394 e. The smallest absolute Gasteiger partial charge is 0.187 e. The Morgan fingerprint density at radius 2 is 1.64 bits per heavy atom. The van der Waals surface area contributed by atoms with Gasteiger partial charge >= 0.3 is 0 Å². The Morgan fingerprint density at radius 3 is 2.27 bits per heavy atom. The summed E-state index contributed by atoms with van der Waals surface area (Å²) in [5.41, 5.74) is -5.20. The van der Waals surface area contributed by atoms with Gasteiger partial charge in [0.2, 0.25) is 0 Å². The lowest BCUT2D eigenvalue weighted by Crippen LogP contribution is -2.64. The zero-order valence-electron chi connectivity index (χ0n) is 27.0. The topological polar surface area (TPSA) is 218 Å². The highest BCUT2D eigenvalue weighted by Gasteiger charge is 2.69. The first-order chi connectivity index (χ1) is 20.7. The molecule has 45 heavy (non-hydrogen) atoms. The number of allylic oxidation sites excluding steroid dienone is 1. The molecule has 1 heterocycles. The molecule has 0 aromatic rings. The molecule has 0 aromatic heterocycles. The molecule has 4 fully saturated rings. The summed E-state index contributed by atoms with van der Waals surface area (Å²) in [5, 5.41) is 97.6. The molecule has 1 aliphatic heterocycles. The van der Waals surface area contributed by atoms with E-state index in [1.165, 1.54) is 0 Å². The van der Waals surface area contributed by atoms with Crippen LogP contribution in [0.5, 0.6) is 0 Å². The number of carbonyl (C=O) groups excluding carboxylic acids is 1. The molecule has 0 radical (unpaired) electrons. The molecule has 1 unspecified atom stereocenters. The Kier molecular flexibility index (Phi) is 9.28. The average molecular weight is 643 g/mol. The van der Waals surface area contributed by atoms with Gasteiger partial charge in [-0.3, -0.25) is 4.79 Å². The van der Waals surface area contributed by atoms with Crippen molar-refractivity contribution in [3.05, 3.63) is 11.6 Å². The molecule has 5 rings (SSSR count). The molecule has 0 bridgehead atoms. The zero-order valence-corrected chi connectivity index (χ0v) is 27.0. The lowest BCUT2D eigenvalue weighted by atomic mass is 9.45. The van der Waals surface area contributed by atoms with E-state index in [1.54, 1.807) is 26.8 Å². The number of fused-ring (bicyclic) bond motifs is 5. The van der Waals surface area contributed by atoms with E-state index >= 15 is 0 Å². The van der Waals surface area contributed by atoms with E-state index in [9.17, 15) is 50.8 Å². The summed E-state index contributed by atoms with van der Waals surface area (Å²) in [4.78, 5) is 13.5. The predicted molar refractivity (Wildman–Crippen MR) is 159 cm³/mol. The third kappa shape index (κ3) is 5.65. The Labute approximate surface area is 264 Å². The van der Waals surface area contributed by atoms with Gasteiger partial charge < -0.3 is 55.4 Å². The first-order valence-corrected chi connectivity index (χ1v) is 16.5. The minimum atomic E-state index is -1.69. The maximum Gasteiger partial charge on any atom is 0.187 e. The number of ether oxygens (including phenoxy) is 2. The van der Waals surface area contributed by atoms with Crippen LogP contribution in [0.1, 0.15) is 86.0 Å². The quantitative estimate of drug-likeness (QED) is 0.166. The molecule has 15 atom stereocenters. The van der Waals surface area contributed by atoms with Crippen LogP contribution in [0.25, 0.3) is 0 Å². The van der Waals surface area contributed by atoms with Crippen molar-refractivity contribution in [3.63, 3.8) is 0 Å². The number of carbonyl (C=O) groups is 1. The van der Waals surface area contributed by atoms with Crippen LogP contribution in [0, 0.1) is 28.6 Å². The highest BCUT2D eigenvalue weighted by molar-refractivity contribution is 5.95. The summed E-state index contributed by atoms with van der Waals surface area (Å²) >= 11 is 0. The van der Waals surface area contributed by atoms with E-state index in [2.05, 4.69) is 0 Å². The van der Waals surface area contributed by atoms with Crippen molar-refractivity contribution in [2.45, 2.75) is 152 Å². The predicted octanol–water partition coefficient (Wildman–Crippen LogP) is -0.322. The summed E-state index contributed by atoms with van der Waals surface area (Å²) in [6.07, 6.45) is -6.69. The molecular formula is C33H54O12. The van der Waals surface area contributed by atoms with Crippen molar-refractivity contribution in [3.8, 4) is 0 Å². The van der Waals surface area contributed by atoms with E-state index in [0.29, 0.717) is 24.8 Å². The lowest BCUT2D eigenvalue weighted by molar-refractivity contribution is -0.328. The molecule has 12 heteroatoms.